The molecule has 3 N–H and O–H groups in total. The third-order valence-corrected chi connectivity index (χ3v) is 6.13. The highest BCUT2D eigenvalue weighted by atomic mass is 19.4. The van der Waals surface area contributed by atoms with E-state index in [4.69, 9.17) is 10.1 Å². The fraction of sp³-hybridized carbons (Fsp3) is 0.333. The summed E-state index contributed by atoms with van der Waals surface area (Å²) in [4.78, 5) is 12.2. The smallest absolute Gasteiger partial charge is 0.425 e. The lowest BCUT2D eigenvalue weighted by Crippen LogP contribution is -2.43. The minimum Gasteiger partial charge on any atom is -0.446 e. The molecule has 0 bridgehead atoms. The number of carbonyl (C=O) groups is 1. The second-order valence-electron chi connectivity index (χ2n) is 8.26. The van der Waals surface area contributed by atoms with Crippen molar-refractivity contribution in [2.75, 3.05) is 5.32 Å². The second kappa shape index (κ2) is 8.55. The molecule has 0 spiro atoms. The summed E-state index contributed by atoms with van der Waals surface area (Å²) in [5.41, 5.74) is -3.42. The van der Waals surface area contributed by atoms with Gasteiger partial charge >= 0.3 is 12.3 Å². The molecule has 1 saturated carbocycles. The average molecular weight is 459 g/mol. The lowest BCUT2D eigenvalue weighted by molar-refractivity contribution is -0.247. The number of nitrogens with one attached hydrogen (secondary N) is 2. The third kappa shape index (κ3) is 4.08. The van der Waals surface area contributed by atoms with Gasteiger partial charge in [-0.2, -0.15) is 13.2 Å². The van der Waals surface area contributed by atoms with Gasteiger partial charge in [-0.1, -0.05) is 24.3 Å². The predicted molar refractivity (Wildman–Crippen MR) is 119 cm³/mol. The maximum absolute atomic E-state index is 14.4. The Hall–Kier alpha value is -3.33. The number of ether oxygens (including phenoxy) is 1. The number of fused-ring (bicyclic) bond motifs is 1. The summed E-state index contributed by atoms with van der Waals surface area (Å²) in [5, 5.41) is 21.6. The van der Waals surface area contributed by atoms with E-state index in [1.165, 1.54) is 22.9 Å². The van der Waals surface area contributed by atoms with E-state index in [0.717, 1.165) is 44.0 Å². The number of nitrogens with zero attached hydrogens (tertiary/aromatic N) is 1. The molecule has 1 heterocycles. The zero-order valence-electron chi connectivity index (χ0n) is 17.9. The van der Waals surface area contributed by atoms with Crippen molar-refractivity contribution >= 4 is 28.9 Å². The summed E-state index contributed by atoms with van der Waals surface area (Å²) in [6, 6.07) is 9.91. The Morgan fingerprint density at radius 3 is 2.58 bits per heavy atom. The van der Waals surface area contributed by atoms with Crippen molar-refractivity contribution in [1.82, 2.24) is 4.57 Å². The van der Waals surface area contributed by atoms with Gasteiger partial charge in [-0.05, 0) is 49.4 Å². The van der Waals surface area contributed by atoms with Crippen LogP contribution in [-0.2, 0) is 17.4 Å². The molecule has 1 atom stereocenters. The van der Waals surface area contributed by atoms with Crippen LogP contribution in [0.2, 0.25) is 0 Å². The number of aliphatic hydroxyl groups is 1. The zero-order valence-corrected chi connectivity index (χ0v) is 17.9. The van der Waals surface area contributed by atoms with Crippen LogP contribution in [0.5, 0.6) is 0 Å². The summed E-state index contributed by atoms with van der Waals surface area (Å²) >= 11 is 0. The molecule has 174 valence electrons. The van der Waals surface area contributed by atoms with Crippen molar-refractivity contribution in [3.8, 4) is 0 Å². The van der Waals surface area contributed by atoms with Gasteiger partial charge in [0.25, 0.3) is 0 Å². The number of benzene rings is 2. The van der Waals surface area contributed by atoms with Gasteiger partial charge in [-0.15, -0.1) is 0 Å². The Bertz CT molecular complexity index is 1200. The molecule has 1 unspecified atom stereocenters. The number of amides is 1. The maximum Gasteiger partial charge on any atom is 0.425 e. The molecule has 4 rings (SSSR count). The molecule has 1 aromatic heterocycles. The first-order chi connectivity index (χ1) is 15.6. The minimum atomic E-state index is -5.05. The van der Waals surface area contributed by atoms with E-state index in [0.29, 0.717) is 5.52 Å². The highest BCUT2D eigenvalue weighted by Crippen LogP contribution is 2.47. The van der Waals surface area contributed by atoms with Crippen molar-refractivity contribution in [2.45, 2.75) is 43.6 Å². The molecular formula is C24H24F3N3O3. The number of rotatable bonds is 5. The summed E-state index contributed by atoms with van der Waals surface area (Å²) in [6.07, 6.45) is -0.381. The molecule has 6 nitrogen and oxygen atoms in total. The Morgan fingerprint density at radius 1 is 1.21 bits per heavy atom. The summed E-state index contributed by atoms with van der Waals surface area (Å²) in [5.74, 6) is 0. The van der Waals surface area contributed by atoms with Crippen molar-refractivity contribution < 1.29 is 27.8 Å². The van der Waals surface area contributed by atoms with E-state index in [1.807, 2.05) is 0 Å². The molecule has 0 radical (unpaired) electrons. The average Bonchev–Trinajstić information content (AvgIpc) is 3.40. The van der Waals surface area contributed by atoms with Crippen molar-refractivity contribution in [3.05, 3.63) is 65.4 Å². The van der Waals surface area contributed by atoms with Crippen LogP contribution in [0.15, 0.2) is 48.7 Å². The van der Waals surface area contributed by atoms with Crippen molar-refractivity contribution in [2.24, 2.45) is 7.05 Å². The van der Waals surface area contributed by atoms with Crippen LogP contribution < -0.4 is 5.32 Å². The van der Waals surface area contributed by atoms with Crippen LogP contribution in [0.4, 0.5) is 23.7 Å². The van der Waals surface area contributed by atoms with Crippen LogP contribution in [0, 0.1) is 5.41 Å². The minimum absolute atomic E-state index is 0.0128. The topological polar surface area (TPSA) is 87.3 Å². The Kier molecular flexibility index (Phi) is 5.92. The molecule has 9 heteroatoms. The quantitative estimate of drug-likeness (QED) is 0.443. The van der Waals surface area contributed by atoms with Gasteiger partial charge in [0.15, 0.2) is 0 Å². The number of hydrogen-bond acceptors (Lipinski definition) is 4. The molecule has 3 aromatic rings. The lowest BCUT2D eigenvalue weighted by Gasteiger charge is -2.31. The highest BCUT2D eigenvalue weighted by Gasteiger charge is 2.57. The molecule has 2 aromatic carbocycles. The van der Waals surface area contributed by atoms with E-state index < -0.39 is 23.4 Å². The fourth-order valence-corrected chi connectivity index (χ4v) is 4.42. The first-order valence-electron chi connectivity index (χ1n) is 10.6. The Balaban J connectivity index is 1.74. The molecule has 0 aliphatic heterocycles. The zero-order chi connectivity index (χ0) is 23.8. The molecule has 1 aliphatic rings. The van der Waals surface area contributed by atoms with Crippen LogP contribution in [0.3, 0.4) is 0 Å². The van der Waals surface area contributed by atoms with E-state index in [-0.39, 0.29) is 28.3 Å². The number of alkyl halides is 3. The van der Waals surface area contributed by atoms with Crippen LogP contribution in [0.25, 0.3) is 10.9 Å². The molecule has 33 heavy (non-hydrogen) atoms. The van der Waals surface area contributed by atoms with Gasteiger partial charge in [-0.25, -0.2) is 4.79 Å². The van der Waals surface area contributed by atoms with Gasteiger partial charge < -0.3 is 19.8 Å². The Morgan fingerprint density at radius 2 is 1.91 bits per heavy atom. The normalized spacial score (nSPS) is 16.5. The fourth-order valence-electron chi connectivity index (χ4n) is 4.42. The first-order valence-corrected chi connectivity index (χ1v) is 10.6. The molecular weight excluding hydrogens is 435 g/mol. The van der Waals surface area contributed by atoms with Gasteiger partial charge in [0, 0.05) is 41.5 Å². The lowest BCUT2D eigenvalue weighted by atomic mass is 9.84. The first kappa shape index (κ1) is 22.8. The van der Waals surface area contributed by atoms with Crippen molar-refractivity contribution in [1.29, 1.82) is 5.41 Å². The molecule has 1 aliphatic carbocycles. The number of para-hydroxylation sites is 1. The van der Waals surface area contributed by atoms with Crippen LogP contribution in [-0.4, -0.2) is 34.3 Å². The highest BCUT2D eigenvalue weighted by molar-refractivity contribution is 5.94. The SMILES string of the molecule is Cn1cc(C(O)(c2ccc(NC(=O)OC3CCCC3)c(C=N)c2)C(F)(F)F)c2ccccc21. The van der Waals surface area contributed by atoms with Gasteiger partial charge in [0.2, 0.25) is 5.60 Å². The predicted octanol–water partition coefficient (Wildman–Crippen LogP) is 5.47. The largest absolute Gasteiger partial charge is 0.446 e. The van der Waals surface area contributed by atoms with Crippen LogP contribution >= 0.6 is 0 Å². The monoisotopic (exact) mass is 459 g/mol. The Labute approximate surface area is 188 Å². The van der Waals surface area contributed by atoms with Crippen molar-refractivity contribution in [3.63, 3.8) is 0 Å². The number of carbonyl (C=O) groups excluding carboxylic acids is 1. The number of halogens is 3. The maximum atomic E-state index is 14.4. The van der Waals surface area contributed by atoms with E-state index in [2.05, 4.69) is 5.32 Å². The van der Waals surface area contributed by atoms with Gasteiger partial charge in [0.05, 0.1) is 5.69 Å². The second-order valence-corrected chi connectivity index (χ2v) is 8.26. The molecule has 1 fully saturated rings. The van der Waals surface area contributed by atoms with E-state index >= 15 is 0 Å². The standard InChI is InChI=1S/C24H24F3N3O3/c1-30-14-19(18-8-4-5-9-21(18)30)23(32,24(25,26)27)16-10-11-20(15(12-16)13-28)29-22(31)33-17-6-2-3-7-17/h4-5,8-14,17,28,32H,2-3,6-7H2,1H3,(H,29,31). The number of hydrogen-bond donors (Lipinski definition) is 3. The summed E-state index contributed by atoms with van der Waals surface area (Å²) in [7, 11) is 1.61. The molecule has 1 amide bonds. The third-order valence-electron chi connectivity index (χ3n) is 6.13. The van der Waals surface area contributed by atoms with Gasteiger partial charge in [-0.3, -0.25) is 5.32 Å². The van der Waals surface area contributed by atoms with E-state index in [9.17, 15) is 23.1 Å². The van der Waals surface area contributed by atoms with Gasteiger partial charge in [0.1, 0.15) is 6.10 Å². The summed E-state index contributed by atoms with van der Waals surface area (Å²) in [6.45, 7) is 0. The number of aromatic nitrogens is 1. The van der Waals surface area contributed by atoms with E-state index in [1.54, 1.807) is 25.2 Å². The molecule has 0 saturated heterocycles. The number of aryl methyl sites for hydroxylation is 1. The number of anilines is 1. The van der Waals surface area contributed by atoms with Crippen LogP contribution in [0.1, 0.15) is 42.4 Å². The summed E-state index contributed by atoms with van der Waals surface area (Å²) < 4.78 is 50.0.